The van der Waals surface area contributed by atoms with Gasteiger partial charge < -0.3 is 4.74 Å². The van der Waals surface area contributed by atoms with E-state index in [2.05, 4.69) is 10.5 Å². The van der Waals surface area contributed by atoms with Crippen LogP contribution >= 0.6 is 0 Å². The molecule has 0 spiro atoms. The highest BCUT2D eigenvalue weighted by Crippen LogP contribution is 2.17. The molecule has 7 nitrogen and oxygen atoms in total. The first kappa shape index (κ1) is 16.2. The number of carbonyl (C=O) groups is 1. The molecule has 0 saturated carbocycles. The number of nitro groups is 1. The second kappa shape index (κ2) is 7.69. The number of benzene rings is 2. The molecular weight excluding hydrogens is 298 g/mol. The number of rotatable bonds is 6. The lowest BCUT2D eigenvalue weighted by Gasteiger charge is -2.03. The van der Waals surface area contributed by atoms with Crippen molar-refractivity contribution in [2.45, 2.75) is 6.92 Å². The molecule has 0 bridgehead atoms. The largest absolute Gasteiger partial charge is 0.494 e. The van der Waals surface area contributed by atoms with E-state index < -0.39 is 10.8 Å². The molecule has 2 aromatic carbocycles. The number of carbonyl (C=O) groups excluding carboxylic acids is 1. The third kappa shape index (κ3) is 4.37. The fourth-order valence-electron chi connectivity index (χ4n) is 1.90. The van der Waals surface area contributed by atoms with Crippen LogP contribution < -0.4 is 10.2 Å². The van der Waals surface area contributed by atoms with Crippen LogP contribution in [0.25, 0.3) is 0 Å². The molecule has 0 aliphatic rings. The molecule has 2 rings (SSSR count). The third-order valence-electron chi connectivity index (χ3n) is 2.89. The first-order chi connectivity index (χ1) is 11.1. The molecule has 0 aliphatic carbocycles. The average molecular weight is 313 g/mol. The predicted octanol–water partition coefficient (Wildman–Crippen LogP) is 2.76. The molecule has 23 heavy (non-hydrogen) atoms. The lowest BCUT2D eigenvalue weighted by molar-refractivity contribution is -0.385. The van der Waals surface area contributed by atoms with Gasteiger partial charge in [0, 0.05) is 6.07 Å². The van der Waals surface area contributed by atoms with Gasteiger partial charge in [0.25, 0.3) is 11.6 Å². The van der Waals surface area contributed by atoms with Crippen LogP contribution in [0.15, 0.2) is 53.6 Å². The maximum absolute atomic E-state index is 12.0. The van der Waals surface area contributed by atoms with Gasteiger partial charge in [0.05, 0.1) is 17.7 Å². The van der Waals surface area contributed by atoms with E-state index in [0.717, 1.165) is 5.56 Å². The average Bonchev–Trinajstić information content (AvgIpc) is 2.55. The summed E-state index contributed by atoms with van der Waals surface area (Å²) in [5.41, 5.74) is 2.71. The summed E-state index contributed by atoms with van der Waals surface area (Å²) in [6.45, 7) is 2.43. The van der Waals surface area contributed by atoms with Crippen molar-refractivity contribution in [2.24, 2.45) is 5.10 Å². The number of hydrogen-bond acceptors (Lipinski definition) is 5. The Kier molecular flexibility index (Phi) is 5.40. The van der Waals surface area contributed by atoms with Crippen molar-refractivity contribution in [3.05, 3.63) is 69.8 Å². The van der Waals surface area contributed by atoms with Crippen LogP contribution in [0.2, 0.25) is 0 Å². The van der Waals surface area contributed by atoms with Crippen molar-refractivity contribution >= 4 is 17.8 Å². The SMILES string of the molecule is CCOc1cccc(/C=N\NC(=O)c2ccccc2[N+](=O)[O-])c1. The zero-order valence-corrected chi connectivity index (χ0v) is 12.4. The topological polar surface area (TPSA) is 93.8 Å². The Bertz CT molecular complexity index is 744. The molecule has 0 unspecified atom stereocenters. The van der Waals surface area contributed by atoms with Crippen LogP contribution in [0.3, 0.4) is 0 Å². The second-order valence-corrected chi connectivity index (χ2v) is 4.48. The summed E-state index contributed by atoms with van der Waals surface area (Å²) >= 11 is 0. The number of ether oxygens (including phenoxy) is 1. The first-order valence-corrected chi connectivity index (χ1v) is 6.91. The van der Waals surface area contributed by atoms with Crippen LogP contribution in [-0.2, 0) is 0 Å². The molecule has 1 amide bonds. The predicted molar refractivity (Wildman–Crippen MR) is 85.8 cm³/mol. The summed E-state index contributed by atoms with van der Waals surface area (Å²) in [6, 6.07) is 12.9. The minimum absolute atomic E-state index is 0.0438. The summed E-state index contributed by atoms with van der Waals surface area (Å²) in [7, 11) is 0. The van der Waals surface area contributed by atoms with Crippen molar-refractivity contribution in [1.29, 1.82) is 0 Å². The Morgan fingerprint density at radius 1 is 1.30 bits per heavy atom. The zero-order chi connectivity index (χ0) is 16.7. The molecule has 0 aliphatic heterocycles. The standard InChI is InChI=1S/C16H15N3O4/c1-2-23-13-7-5-6-12(10-13)11-17-18-16(20)14-8-3-4-9-15(14)19(21)22/h3-11H,2H2,1H3,(H,18,20)/b17-11-. The van der Waals surface area contributed by atoms with Gasteiger partial charge >= 0.3 is 0 Å². The fraction of sp³-hybridized carbons (Fsp3) is 0.125. The highest BCUT2D eigenvalue weighted by Gasteiger charge is 2.18. The minimum Gasteiger partial charge on any atom is -0.494 e. The Morgan fingerprint density at radius 2 is 2.09 bits per heavy atom. The summed E-state index contributed by atoms with van der Waals surface area (Å²) in [5, 5.41) is 14.7. The van der Waals surface area contributed by atoms with Crippen molar-refractivity contribution < 1.29 is 14.5 Å². The van der Waals surface area contributed by atoms with E-state index in [9.17, 15) is 14.9 Å². The van der Waals surface area contributed by atoms with E-state index in [1.165, 1.54) is 24.4 Å². The number of hydrazone groups is 1. The molecule has 0 fully saturated rings. The molecular formula is C16H15N3O4. The van der Waals surface area contributed by atoms with Crippen LogP contribution in [0, 0.1) is 10.1 Å². The van der Waals surface area contributed by atoms with Crippen LogP contribution in [0.5, 0.6) is 5.75 Å². The van der Waals surface area contributed by atoms with Crippen molar-refractivity contribution in [2.75, 3.05) is 6.61 Å². The van der Waals surface area contributed by atoms with Gasteiger partial charge in [0.15, 0.2) is 0 Å². The Hall–Kier alpha value is -3.22. The number of para-hydroxylation sites is 1. The fourth-order valence-corrected chi connectivity index (χ4v) is 1.90. The molecule has 0 heterocycles. The van der Waals surface area contributed by atoms with Gasteiger partial charge in [-0.25, -0.2) is 5.43 Å². The van der Waals surface area contributed by atoms with Crippen LogP contribution in [0.4, 0.5) is 5.69 Å². The first-order valence-electron chi connectivity index (χ1n) is 6.91. The van der Waals surface area contributed by atoms with Crippen LogP contribution in [0.1, 0.15) is 22.8 Å². The lowest BCUT2D eigenvalue weighted by atomic mass is 10.2. The van der Waals surface area contributed by atoms with E-state index >= 15 is 0 Å². The lowest BCUT2D eigenvalue weighted by Crippen LogP contribution is -2.18. The number of nitro benzene ring substituents is 1. The Morgan fingerprint density at radius 3 is 2.83 bits per heavy atom. The molecule has 7 heteroatoms. The van der Waals surface area contributed by atoms with Crippen molar-refractivity contribution in [1.82, 2.24) is 5.43 Å². The maximum Gasteiger partial charge on any atom is 0.282 e. The smallest absolute Gasteiger partial charge is 0.282 e. The van der Waals surface area contributed by atoms with E-state index in [-0.39, 0.29) is 11.3 Å². The number of nitrogens with one attached hydrogen (secondary N) is 1. The monoisotopic (exact) mass is 313 g/mol. The van der Waals surface area contributed by atoms with E-state index in [1.807, 2.05) is 13.0 Å². The van der Waals surface area contributed by atoms with E-state index in [4.69, 9.17) is 4.74 Å². The molecule has 0 saturated heterocycles. The van der Waals surface area contributed by atoms with Gasteiger partial charge in [0.1, 0.15) is 11.3 Å². The van der Waals surface area contributed by atoms with Gasteiger partial charge in [-0.3, -0.25) is 14.9 Å². The number of amides is 1. The second-order valence-electron chi connectivity index (χ2n) is 4.48. The van der Waals surface area contributed by atoms with Gasteiger partial charge in [0.2, 0.25) is 0 Å². The molecule has 0 aromatic heterocycles. The summed E-state index contributed by atoms with van der Waals surface area (Å²) in [5.74, 6) is 0.0518. The highest BCUT2D eigenvalue weighted by atomic mass is 16.6. The van der Waals surface area contributed by atoms with Gasteiger partial charge in [-0.15, -0.1) is 0 Å². The van der Waals surface area contributed by atoms with Gasteiger partial charge in [-0.1, -0.05) is 24.3 Å². The molecule has 118 valence electrons. The van der Waals surface area contributed by atoms with Crippen molar-refractivity contribution in [3.8, 4) is 5.75 Å². The quantitative estimate of drug-likeness (QED) is 0.504. The number of hydrogen-bond donors (Lipinski definition) is 1. The zero-order valence-electron chi connectivity index (χ0n) is 12.4. The molecule has 2 aromatic rings. The van der Waals surface area contributed by atoms with Crippen LogP contribution in [-0.4, -0.2) is 23.7 Å². The highest BCUT2D eigenvalue weighted by molar-refractivity contribution is 5.98. The number of nitrogens with zero attached hydrogens (tertiary/aromatic N) is 2. The molecule has 1 N–H and O–H groups in total. The third-order valence-corrected chi connectivity index (χ3v) is 2.89. The molecule has 0 atom stereocenters. The van der Waals surface area contributed by atoms with E-state index in [1.54, 1.807) is 24.3 Å². The van der Waals surface area contributed by atoms with Gasteiger partial charge in [-0.05, 0) is 30.7 Å². The maximum atomic E-state index is 12.0. The Balaban J connectivity index is 2.07. The minimum atomic E-state index is -0.644. The molecule has 0 radical (unpaired) electrons. The van der Waals surface area contributed by atoms with E-state index in [0.29, 0.717) is 12.4 Å². The van der Waals surface area contributed by atoms with Crippen molar-refractivity contribution in [3.63, 3.8) is 0 Å². The normalized spacial score (nSPS) is 10.5. The van der Waals surface area contributed by atoms with Gasteiger partial charge in [-0.2, -0.15) is 5.10 Å². The Labute approximate surface area is 132 Å². The summed E-state index contributed by atoms with van der Waals surface area (Å²) in [6.07, 6.45) is 1.44. The summed E-state index contributed by atoms with van der Waals surface area (Å²) < 4.78 is 5.36. The summed E-state index contributed by atoms with van der Waals surface area (Å²) in [4.78, 5) is 22.3.